The highest BCUT2D eigenvalue weighted by Crippen LogP contribution is 2.29. The van der Waals surface area contributed by atoms with Crippen molar-refractivity contribution in [3.05, 3.63) is 64.1 Å². The zero-order valence-corrected chi connectivity index (χ0v) is 14.6. The first-order valence-corrected chi connectivity index (χ1v) is 8.38. The fourth-order valence-corrected chi connectivity index (χ4v) is 3.14. The summed E-state index contributed by atoms with van der Waals surface area (Å²) in [6.07, 6.45) is 1.85. The number of carbonyl (C=O) groups excluding carboxylic acids is 1. The number of rotatable bonds is 3. The molecular formula is C19H18N2O2S. The number of methoxy groups -OCH3 is 1. The predicted molar refractivity (Wildman–Crippen MR) is 99.7 cm³/mol. The van der Waals surface area contributed by atoms with Crippen LogP contribution in [-0.2, 0) is 4.79 Å². The molecule has 2 aromatic rings. The second-order valence-electron chi connectivity index (χ2n) is 5.55. The van der Waals surface area contributed by atoms with Crippen molar-refractivity contribution in [1.29, 1.82) is 0 Å². The minimum absolute atomic E-state index is 0.134. The summed E-state index contributed by atoms with van der Waals surface area (Å²) >= 11 is 1.34. The van der Waals surface area contributed by atoms with Crippen molar-refractivity contribution >= 4 is 34.6 Å². The van der Waals surface area contributed by atoms with Crippen LogP contribution in [0.1, 0.15) is 16.7 Å². The van der Waals surface area contributed by atoms with Gasteiger partial charge in [0.2, 0.25) is 0 Å². The maximum Gasteiger partial charge on any atom is 0.264 e. The average molecular weight is 338 g/mol. The van der Waals surface area contributed by atoms with Gasteiger partial charge in [0.05, 0.1) is 17.7 Å². The summed E-state index contributed by atoms with van der Waals surface area (Å²) in [5.41, 5.74) is 3.98. The topological polar surface area (TPSA) is 50.7 Å². The van der Waals surface area contributed by atoms with Crippen LogP contribution >= 0.6 is 11.8 Å². The Balaban J connectivity index is 1.83. The Bertz CT molecular complexity index is 839. The normalized spacial score (nSPS) is 17.4. The molecule has 0 aliphatic carbocycles. The molecule has 0 atom stereocenters. The molecule has 122 valence electrons. The van der Waals surface area contributed by atoms with Gasteiger partial charge in [-0.2, -0.15) is 0 Å². The van der Waals surface area contributed by atoms with E-state index >= 15 is 0 Å². The van der Waals surface area contributed by atoms with E-state index in [9.17, 15) is 4.79 Å². The molecule has 1 amide bonds. The van der Waals surface area contributed by atoms with Gasteiger partial charge in [-0.15, -0.1) is 0 Å². The van der Waals surface area contributed by atoms with E-state index in [-0.39, 0.29) is 5.91 Å². The Morgan fingerprint density at radius 3 is 2.58 bits per heavy atom. The van der Waals surface area contributed by atoms with Crippen molar-refractivity contribution < 1.29 is 9.53 Å². The molecule has 1 fully saturated rings. The fourth-order valence-electron chi connectivity index (χ4n) is 2.29. The third kappa shape index (κ3) is 3.68. The van der Waals surface area contributed by atoms with Gasteiger partial charge >= 0.3 is 0 Å². The standard InChI is InChI=1S/C19H18N2O2S/c1-12-4-8-15(9-5-12)20-19-21-18(22)17(24-19)11-14-7-6-13(2)16(10-14)23-3/h4-11H,1-3H3,(H,20,21,22)/b17-11-. The Labute approximate surface area is 145 Å². The maximum absolute atomic E-state index is 12.1. The van der Waals surface area contributed by atoms with E-state index in [1.807, 2.05) is 62.4 Å². The molecule has 2 aromatic carbocycles. The van der Waals surface area contributed by atoms with Crippen LogP contribution in [0.2, 0.25) is 0 Å². The van der Waals surface area contributed by atoms with Gasteiger partial charge in [0, 0.05) is 0 Å². The third-order valence-electron chi connectivity index (χ3n) is 3.65. The third-order valence-corrected chi connectivity index (χ3v) is 4.56. The van der Waals surface area contributed by atoms with E-state index in [2.05, 4.69) is 10.3 Å². The van der Waals surface area contributed by atoms with E-state index in [4.69, 9.17) is 4.74 Å². The van der Waals surface area contributed by atoms with Gasteiger partial charge in [-0.25, -0.2) is 4.99 Å². The summed E-state index contributed by atoms with van der Waals surface area (Å²) in [5.74, 6) is 0.673. The van der Waals surface area contributed by atoms with Crippen LogP contribution in [0.25, 0.3) is 6.08 Å². The number of hydrogen-bond donors (Lipinski definition) is 1. The lowest BCUT2D eigenvalue weighted by Crippen LogP contribution is -2.19. The molecular weight excluding hydrogens is 320 g/mol. The van der Waals surface area contributed by atoms with Crippen molar-refractivity contribution in [2.24, 2.45) is 4.99 Å². The molecule has 1 aliphatic rings. The SMILES string of the molecule is COc1cc(/C=C2\SC(=Nc3ccc(C)cc3)NC2=O)ccc1C. The first-order chi connectivity index (χ1) is 11.5. The highest BCUT2D eigenvalue weighted by atomic mass is 32.2. The molecule has 24 heavy (non-hydrogen) atoms. The van der Waals surface area contributed by atoms with Gasteiger partial charge in [-0.05, 0) is 61.0 Å². The Hall–Kier alpha value is -2.53. The second kappa shape index (κ2) is 6.93. The number of hydrogen-bond acceptors (Lipinski definition) is 4. The molecule has 1 heterocycles. The molecule has 5 heteroatoms. The van der Waals surface area contributed by atoms with Crippen LogP contribution in [0.15, 0.2) is 52.4 Å². The number of carbonyl (C=O) groups is 1. The highest BCUT2D eigenvalue weighted by molar-refractivity contribution is 8.18. The van der Waals surface area contributed by atoms with Gasteiger partial charge < -0.3 is 10.1 Å². The molecule has 1 aliphatic heterocycles. The molecule has 4 nitrogen and oxygen atoms in total. The van der Waals surface area contributed by atoms with Crippen molar-refractivity contribution in [2.45, 2.75) is 13.8 Å². The lowest BCUT2D eigenvalue weighted by Gasteiger charge is -2.05. The molecule has 0 aromatic heterocycles. The summed E-state index contributed by atoms with van der Waals surface area (Å²) in [6.45, 7) is 4.01. The van der Waals surface area contributed by atoms with Crippen LogP contribution < -0.4 is 10.1 Å². The molecule has 1 N–H and O–H groups in total. The lowest BCUT2D eigenvalue weighted by atomic mass is 10.1. The predicted octanol–water partition coefficient (Wildman–Crippen LogP) is 4.20. The van der Waals surface area contributed by atoms with E-state index in [0.29, 0.717) is 10.1 Å². The number of aliphatic imine (C=N–C) groups is 1. The van der Waals surface area contributed by atoms with Gasteiger partial charge in [0.25, 0.3) is 5.91 Å². The zero-order valence-electron chi connectivity index (χ0n) is 13.8. The number of nitrogens with one attached hydrogen (secondary N) is 1. The van der Waals surface area contributed by atoms with Gasteiger partial charge in [0.15, 0.2) is 5.17 Å². The number of benzene rings is 2. The van der Waals surface area contributed by atoms with E-state index < -0.39 is 0 Å². The minimum Gasteiger partial charge on any atom is -0.496 e. The Kier molecular flexibility index (Phi) is 4.71. The van der Waals surface area contributed by atoms with E-state index in [1.54, 1.807) is 7.11 Å². The maximum atomic E-state index is 12.1. The Morgan fingerprint density at radius 1 is 1.12 bits per heavy atom. The van der Waals surface area contributed by atoms with E-state index in [1.165, 1.54) is 17.3 Å². The van der Waals surface area contributed by atoms with E-state index in [0.717, 1.165) is 22.6 Å². The highest BCUT2D eigenvalue weighted by Gasteiger charge is 2.23. The largest absolute Gasteiger partial charge is 0.496 e. The van der Waals surface area contributed by atoms with Gasteiger partial charge in [-0.1, -0.05) is 29.8 Å². The summed E-state index contributed by atoms with van der Waals surface area (Å²) in [6, 6.07) is 13.7. The fraction of sp³-hybridized carbons (Fsp3) is 0.158. The summed E-state index contributed by atoms with van der Waals surface area (Å²) in [4.78, 5) is 17.2. The van der Waals surface area contributed by atoms with Gasteiger partial charge in [0.1, 0.15) is 5.75 Å². The van der Waals surface area contributed by atoms with Crippen LogP contribution in [-0.4, -0.2) is 18.2 Å². The number of thioether (sulfide) groups is 1. The molecule has 0 saturated carbocycles. The van der Waals surface area contributed by atoms with Crippen LogP contribution in [0.5, 0.6) is 5.75 Å². The second-order valence-corrected chi connectivity index (χ2v) is 6.58. The number of ether oxygens (including phenoxy) is 1. The molecule has 0 bridgehead atoms. The molecule has 3 rings (SSSR count). The van der Waals surface area contributed by atoms with Crippen LogP contribution in [0.3, 0.4) is 0 Å². The number of nitrogens with zero attached hydrogens (tertiary/aromatic N) is 1. The molecule has 0 radical (unpaired) electrons. The average Bonchev–Trinajstić information content (AvgIpc) is 2.91. The summed E-state index contributed by atoms with van der Waals surface area (Å²) in [7, 11) is 1.64. The number of aryl methyl sites for hydroxylation is 2. The lowest BCUT2D eigenvalue weighted by molar-refractivity contribution is -0.115. The number of amidine groups is 1. The Morgan fingerprint density at radius 2 is 1.88 bits per heavy atom. The minimum atomic E-state index is -0.134. The van der Waals surface area contributed by atoms with Crippen molar-refractivity contribution in [2.75, 3.05) is 7.11 Å². The van der Waals surface area contributed by atoms with Crippen molar-refractivity contribution in [3.8, 4) is 5.75 Å². The molecule has 0 spiro atoms. The first-order valence-electron chi connectivity index (χ1n) is 7.56. The monoisotopic (exact) mass is 338 g/mol. The van der Waals surface area contributed by atoms with Crippen LogP contribution in [0.4, 0.5) is 5.69 Å². The quantitative estimate of drug-likeness (QED) is 0.853. The summed E-state index contributed by atoms with van der Waals surface area (Å²) in [5, 5.41) is 3.39. The molecule has 0 unspecified atom stereocenters. The van der Waals surface area contributed by atoms with Gasteiger partial charge in [-0.3, -0.25) is 4.79 Å². The first kappa shape index (κ1) is 16.3. The van der Waals surface area contributed by atoms with Crippen molar-refractivity contribution in [1.82, 2.24) is 5.32 Å². The van der Waals surface area contributed by atoms with Crippen LogP contribution in [0, 0.1) is 13.8 Å². The molecule has 1 saturated heterocycles. The smallest absolute Gasteiger partial charge is 0.264 e. The zero-order chi connectivity index (χ0) is 17.1. The summed E-state index contributed by atoms with van der Waals surface area (Å²) < 4.78 is 5.33. The number of amides is 1. The van der Waals surface area contributed by atoms with Crippen molar-refractivity contribution in [3.63, 3.8) is 0 Å².